The molecule has 0 radical (unpaired) electrons. The molecule has 0 unspecified atom stereocenters. The topological polar surface area (TPSA) is 9.72 Å². The molecule has 0 fully saturated rings. The van der Waals surface area contributed by atoms with Crippen LogP contribution >= 0.6 is 11.3 Å². The molecule has 5 aliphatic rings. The zero-order valence-corrected chi connectivity index (χ0v) is 49.7. The standard InChI is InChI=1S/C72H80BN3S/c1-66(2,3)45-25-27-47(28-26-45)74(46-21-17-16-18-22-46)50-41-60-63-61(42-50)76(49-30-32-53-55(40-49)70(10,11)36-34-68(53,6)7)64-51-23-19-20-24-62(51)77-65(64)73(63)58-43-56-57(72(14,15)38-37-71(56,12)13)44-59(58)75(60)48-29-31-52-54(39-48)69(8,9)35-33-67(52,4)5/h16-32,39-44H,33-38H2,1-15H3. The van der Waals surface area contributed by atoms with Crippen LogP contribution in [-0.2, 0) is 37.9 Å². The van der Waals surface area contributed by atoms with Crippen LogP contribution in [0.1, 0.15) is 181 Å². The van der Waals surface area contributed by atoms with Gasteiger partial charge in [-0.05, 0) is 199 Å². The van der Waals surface area contributed by atoms with Gasteiger partial charge in [0.05, 0.1) is 11.4 Å². The zero-order chi connectivity index (χ0) is 54.1. The molecule has 392 valence electrons. The Kier molecular flexibility index (Phi) is 11.0. The molecule has 0 amide bonds. The van der Waals surface area contributed by atoms with Crippen LogP contribution in [0.2, 0.25) is 0 Å². The minimum absolute atomic E-state index is 0.00679. The van der Waals surface area contributed by atoms with Gasteiger partial charge in [0.15, 0.2) is 0 Å². The Morgan fingerprint density at radius 3 is 1.43 bits per heavy atom. The van der Waals surface area contributed by atoms with Gasteiger partial charge in [-0.25, -0.2) is 0 Å². The van der Waals surface area contributed by atoms with Crippen molar-refractivity contribution in [2.45, 2.75) is 180 Å². The van der Waals surface area contributed by atoms with Crippen LogP contribution in [0.15, 0.2) is 140 Å². The predicted octanol–water partition coefficient (Wildman–Crippen LogP) is 18.8. The van der Waals surface area contributed by atoms with Crippen LogP contribution < -0.4 is 30.4 Å². The van der Waals surface area contributed by atoms with Gasteiger partial charge < -0.3 is 14.7 Å². The second-order valence-electron chi connectivity index (χ2n) is 29.0. The summed E-state index contributed by atoms with van der Waals surface area (Å²) >= 11 is 2.02. The van der Waals surface area contributed by atoms with Crippen molar-refractivity contribution in [3.05, 3.63) is 178 Å². The lowest BCUT2D eigenvalue weighted by Crippen LogP contribution is -2.61. The molecule has 77 heavy (non-hydrogen) atoms. The van der Waals surface area contributed by atoms with E-state index in [9.17, 15) is 0 Å². The molecular formula is C72H80BN3S. The highest BCUT2D eigenvalue weighted by atomic mass is 32.1. The first-order chi connectivity index (χ1) is 36.3. The molecule has 5 heteroatoms. The first-order valence-corrected chi connectivity index (χ1v) is 29.8. The van der Waals surface area contributed by atoms with Gasteiger partial charge >= 0.3 is 0 Å². The summed E-state index contributed by atoms with van der Waals surface area (Å²) in [6.45, 7) is 36.7. The predicted molar refractivity (Wildman–Crippen MR) is 335 cm³/mol. The van der Waals surface area contributed by atoms with Crippen molar-refractivity contribution in [3.8, 4) is 0 Å². The maximum absolute atomic E-state index is 2.74. The van der Waals surface area contributed by atoms with E-state index < -0.39 is 0 Å². The van der Waals surface area contributed by atoms with Crippen LogP contribution in [0.5, 0.6) is 0 Å². The largest absolute Gasteiger partial charge is 0.311 e. The minimum atomic E-state index is 0.00679. The van der Waals surface area contributed by atoms with Crippen molar-refractivity contribution in [2.75, 3.05) is 14.7 Å². The third kappa shape index (κ3) is 7.77. The Hall–Kier alpha value is -6.04. The summed E-state index contributed by atoms with van der Waals surface area (Å²) in [6, 6.07) is 55.6. The van der Waals surface area contributed by atoms with Crippen LogP contribution in [0.25, 0.3) is 10.1 Å². The third-order valence-corrected chi connectivity index (χ3v) is 21.2. The van der Waals surface area contributed by atoms with Gasteiger partial charge in [0.1, 0.15) is 0 Å². The van der Waals surface area contributed by atoms with E-state index in [1.165, 1.54) is 118 Å². The summed E-state index contributed by atoms with van der Waals surface area (Å²) in [5.74, 6) is 0. The Labute approximate surface area is 465 Å². The van der Waals surface area contributed by atoms with Crippen molar-refractivity contribution in [1.29, 1.82) is 0 Å². The second kappa shape index (κ2) is 16.7. The van der Waals surface area contributed by atoms with E-state index in [4.69, 9.17) is 0 Å². The van der Waals surface area contributed by atoms with Crippen LogP contribution in [-0.4, -0.2) is 6.71 Å². The van der Waals surface area contributed by atoms with E-state index in [0.717, 1.165) is 36.3 Å². The molecule has 0 bridgehead atoms. The molecule has 3 aliphatic carbocycles. The van der Waals surface area contributed by atoms with Crippen LogP contribution in [0, 0.1) is 0 Å². The van der Waals surface area contributed by atoms with E-state index in [1.54, 1.807) is 0 Å². The third-order valence-electron chi connectivity index (χ3n) is 20.0. The number of benzene rings is 7. The van der Waals surface area contributed by atoms with Gasteiger partial charge in [-0.1, -0.05) is 171 Å². The monoisotopic (exact) mass is 1030 g/mol. The molecule has 7 aromatic carbocycles. The maximum Gasteiger partial charge on any atom is 0.264 e. The lowest BCUT2D eigenvalue weighted by molar-refractivity contribution is 0.332. The summed E-state index contributed by atoms with van der Waals surface area (Å²) in [5, 5.41) is 1.32. The Balaban J connectivity index is 1.19. The van der Waals surface area contributed by atoms with E-state index in [2.05, 4.69) is 258 Å². The number of nitrogens with zero attached hydrogens (tertiary/aromatic N) is 3. The number of anilines is 9. The van der Waals surface area contributed by atoms with E-state index >= 15 is 0 Å². The van der Waals surface area contributed by atoms with Gasteiger partial charge in [-0.3, -0.25) is 0 Å². The first kappa shape index (κ1) is 50.5. The zero-order valence-electron chi connectivity index (χ0n) is 48.8. The molecule has 3 heterocycles. The summed E-state index contributed by atoms with van der Waals surface area (Å²) < 4.78 is 2.77. The van der Waals surface area contributed by atoms with Gasteiger partial charge in [-0.15, -0.1) is 11.3 Å². The smallest absolute Gasteiger partial charge is 0.264 e. The number of thiophene rings is 1. The summed E-state index contributed by atoms with van der Waals surface area (Å²) in [7, 11) is 0. The highest BCUT2D eigenvalue weighted by Gasteiger charge is 2.49. The van der Waals surface area contributed by atoms with Gasteiger partial charge in [0, 0.05) is 54.7 Å². The quantitative estimate of drug-likeness (QED) is 0.159. The van der Waals surface area contributed by atoms with Gasteiger partial charge in [0.25, 0.3) is 6.71 Å². The number of hydrogen-bond acceptors (Lipinski definition) is 4. The van der Waals surface area contributed by atoms with Crippen molar-refractivity contribution >= 4 is 95.0 Å². The van der Waals surface area contributed by atoms with Crippen LogP contribution in [0.4, 0.5) is 51.2 Å². The number of hydrogen-bond donors (Lipinski definition) is 0. The normalized spacial score (nSPS) is 19.6. The lowest BCUT2D eigenvalue weighted by atomic mass is 9.35. The summed E-state index contributed by atoms with van der Waals surface area (Å²) in [6.07, 6.45) is 7.02. The van der Waals surface area contributed by atoms with E-state index in [1.807, 2.05) is 11.3 Å². The Morgan fingerprint density at radius 2 is 0.883 bits per heavy atom. The van der Waals surface area contributed by atoms with Crippen molar-refractivity contribution in [3.63, 3.8) is 0 Å². The highest BCUT2D eigenvalue weighted by molar-refractivity contribution is 7.33. The Bertz CT molecular complexity index is 3710. The summed E-state index contributed by atoms with van der Waals surface area (Å²) in [4.78, 5) is 8.00. The number of para-hydroxylation sites is 1. The SMILES string of the molecule is CC(C)(C)c1ccc(N(c2ccccc2)c2cc3c4c(c2)N(c2ccc5c(c2)C(C)(C)CCC5(C)C)c2c(sc5ccccc25)B4c2cc4c(cc2N3c2ccc3c(c2)C(C)(C)CCC3(C)C)C(C)(C)CCC4(C)C)cc1. The average molecular weight is 1030 g/mol. The highest BCUT2D eigenvalue weighted by Crippen LogP contribution is 2.56. The second-order valence-corrected chi connectivity index (χ2v) is 30.1. The van der Waals surface area contributed by atoms with Crippen molar-refractivity contribution < 1.29 is 0 Å². The van der Waals surface area contributed by atoms with Gasteiger partial charge in [0.2, 0.25) is 0 Å². The van der Waals surface area contributed by atoms with E-state index in [0.29, 0.717) is 0 Å². The first-order valence-electron chi connectivity index (χ1n) is 29.0. The molecule has 1 aromatic heterocycles. The number of fused-ring (bicyclic) bond motifs is 9. The fourth-order valence-corrected chi connectivity index (χ4v) is 16.0. The lowest BCUT2D eigenvalue weighted by Gasteiger charge is -2.48. The molecule has 2 aliphatic heterocycles. The summed E-state index contributed by atoms with van der Waals surface area (Å²) in [5.41, 5.74) is 24.5. The molecule has 0 atom stereocenters. The minimum Gasteiger partial charge on any atom is -0.311 e. The molecule has 0 saturated carbocycles. The molecule has 8 aromatic rings. The maximum atomic E-state index is 2.74. The fourth-order valence-electron chi connectivity index (χ4n) is 14.7. The molecular weight excluding hydrogens is 950 g/mol. The molecule has 3 nitrogen and oxygen atoms in total. The van der Waals surface area contributed by atoms with Crippen molar-refractivity contribution in [2.24, 2.45) is 0 Å². The van der Waals surface area contributed by atoms with E-state index in [-0.39, 0.29) is 44.6 Å². The number of rotatable bonds is 5. The van der Waals surface area contributed by atoms with Crippen LogP contribution in [0.3, 0.4) is 0 Å². The molecule has 0 spiro atoms. The Morgan fingerprint density at radius 1 is 0.429 bits per heavy atom. The molecule has 0 N–H and O–H groups in total. The molecule has 13 rings (SSSR count). The average Bonchev–Trinajstić information content (AvgIpc) is 3.86. The fraction of sp³-hybridized carbons (Fsp3) is 0.389. The molecule has 0 saturated heterocycles. The van der Waals surface area contributed by atoms with Crippen molar-refractivity contribution in [1.82, 2.24) is 0 Å². The van der Waals surface area contributed by atoms with Gasteiger partial charge in [-0.2, -0.15) is 0 Å².